The third kappa shape index (κ3) is 6.06. The lowest BCUT2D eigenvalue weighted by Crippen LogP contribution is -2.52. The van der Waals surface area contributed by atoms with Gasteiger partial charge in [-0.2, -0.15) is 0 Å². The van der Waals surface area contributed by atoms with Crippen LogP contribution in [-0.4, -0.2) is 55.1 Å². The van der Waals surface area contributed by atoms with Crippen LogP contribution in [0.5, 0.6) is 0 Å². The van der Waals surface area contributed by atoms with Gasteiger partial charge in [0.2, 0.25) is 0 Å². The van der Waals surface area contributed by atoms with Gasteiger partial charge in [0.1, 0.15) is 0 Å². The van der Waals surface area contributed by atoms with Crippen molar-refractivity contribution in [3.63, 3.8) is 0 Å². The average molecular weight is 448 g/mol. The van der Waals surface area contributed by atoms with Crippen molar-refractivity contribution < 1.29 is 14.7 Å². The molecule has 0 spiro atoms. The molecular formula is C22H33N5O3S. The Kier molecular flexibility index (Phi) is 7.35. The highest BCUT2D eigenvalue weighted by molar-refractivity contribution is 7.12. The van der Waals surface area contributed by atoms with Crippen molar-refractivity contribution in [1.29, 1.82) is 0 Å². The molecule has 0 unspecified atom stereocenters. The Bertz CT molecular complexity index is 895. The van der Waals surface area contributed by atoms with E-state index in [-0.39, 0.29) is 18.5 Å². The average Bonchev–Trinajstić information content (AvgIpc) is 3.34. The fourth-order valence-corrected chi connectivity index (χ4v) is 5.06. The third-order valence-electron chi connectivity index (χ3n) is 5.95. The monoisotopic (exact) mass is 447 g/mol. The fraction of sp³-hybridized carbons (Fsp3) is 0.636. The summed E-state index contributed by atoms with van der Waals surface area (Å²) in [5.41, 5.74) is 1.21. The standard InChI is InChI=1S/C22H33N5O3S/c1-22(2,3)27(21(29)30)13-17(10-15-8-6-5-7-9-15)24-20(28)19-11-16(14-31-19)18-12-23-25-26(18)4/h11-12,14-15,17H,5-10,13H2,1-4H3,(H,24,28)(H,29,30)/t17-/m0/s1. The number of aromatic nitrogens is 3. The molecule has 2 N–H and O–H groups in total. The van der Waals surface area contributed by atoms with Crippen LogP contribution in [0.15, 0.2) is 17.6 Å². The summed E-state index contributed by atoms with van der Waals surface area (Å²) in [5, 5.41) is 22.6. The summed E-state index contributed by atoms with van der Waals surface area (Å²) in [6.07, 6.45) is 7.48. The van der Waals surface area contributed by atoms with Crippen LogP contribution >= 0.6 is 11.3 Å². The third-order valence-corrected chi connectivity index (χ3v) is 6.88. The van der Waals surface area contributed by atoms with Gasteiger partial charge in [-0.15, -0.1) is 16.4 Å². The summed E-state index contributed by atoms with van der Waals surface area (Å²) >= 11 is 1.37. The van der Waals surface area contributed by atoms with Gasteiger partial charge in [-0.25, -0.2) is 9.48 Å². The number of nitrogens with one attached hydrogen (secondary N) is 1. The van der Waals surface area contributed by atoms with Crippen LogP contribution in [0, 0.1) is 5.92 Å². The smallest absolute Gasteiger partial charge is 0.407 e. The Labute approximate surface area is 187 Å². The maximum atomic E-state index is 13.1. The zero-order chi connectivity index (χ0) is 22.6. The van der Waals surface area contributed by atoms with E-state index in [2.05, 4.69) is 15.6 Å². The largest absolute Gasteiger partial charge is 0.465 e. The predicted octanol–water partition coefficient (Wildman–Crippen LogP) is 4.39. The lowest BCUT2D eigenvalue weighted by molar-refractivity contribution is 0.0793. The maximum absolute atomic E-state index is 13.1. The van der Waals surface area contributed by atoms with Crippen molar-refractivity contribution in [3.05, 3.63) is 22.5 Å². The molecular weight excluding hydrogens is 414 g/mol. The van der Waals surface area contributed by atoms with Gasteiger partial charge in [-0.1, -0.05) is 37.3 Å². The van der Waals surface area contributed by atoms with Crippen LogP contribution in [0.3, 0.4) is 0 Å². The lowest BCUT2D eigenvalue weighted by atomic mass is 9.84. The molecule has 2 amide bonds. The summed E-state index contributed by atoms with van der Waals surface area (Å²) in [6, 6.07) is 1.62. The highest BCUT2D eigenvalue weighted by atomic mass is 32.1. The minimum Gasteiger partial charge on any atom is -0.465 e. The number of hydrogen-bond acceptors (Lipinski definition) is 5. The number of carboxylic acid groups (broad SMARTS) is 1. The van der Waals surface area contributed by atoms with Crippen LogP contribution in [0.4, 0.5) is 4.79 Å². The molecule has 0 radical (unpaired) electrons. The first-order valence-electron chi connectivity index (χ1n) is 10.9. The SMILES string of the molecule is Cn1nncc1-c1csc(C(=O)N[C@@H](CC2CCCCC2)CN(C(=O)O)C(C)(C)C)c1. The van der Waals surface area contributed by atoms with Gasteiger partial charge in [-0.3, -0.25) is 4.79 Å². The number of amides is 2. The second kappa shape index (κ2) is 9.80. The number of rotatable bonds is 7. The van der Waals surface area contributed by atoms with Gasteiger partial charge in [0.05, 0.1) is 16.8 Å². The van der Waals surface area contributed by atoms with E-state index in [9.17, 15) is 14.7 Å². The number of hydrogen-bond donors (Lipinski definition) is 2. The molecule has 0 saturated heterocycles. The van der Waals surface area contributed by atoms with Gasteiger partial charge < -0.3 is 15.3 Å². The lowest BCUT2D eigenvalue weighted by Gasteiger charge is -2.37. The first-order chi connectivity index (χ1) is 14.6. The summed E-state index contributed by atoms with van der Waals surface area (Å²) in [6.45, 7) is 5.93. The Morgan fingerprint density at radius 2 is 2.03 bits per heavy atom. The Hall–Kier alpha value is -2.42. The number of aryl methyl sites for hydroxylation is 1. The number of nitrogens with zero attached hydrogens (tertiary/aromatic N) is 4. The Balaban J connectivity index is 1.75. The topological polar surface area (TPSA) is 100 Å². The molecule has 170 valence electrons. The van der Waals surface area contributed by atoms with Crippen molar-refractivity contribution in [3.8, 4) is 11.3 Å². The first-order valence-corrected chi connectivity index (χ1v) is 11.8. The zero-order valence-corrected chi connectivity index (χ0v) is 19.6. The highest BCUT2D eigenvalue weighted by Gasteiger charge is 2.31. The highest BCUT2D eigenvalue weighted by Crippen LogP contribution is 2.29. The minimum absolute atomic E-state index is 0.161. The van der Waals surface area contributed by atoms with Gasteiger partial charge in [0.25, 0.3) is 5.91 Å². The van der Waals surface area contributed by atoms with E-state index in [4.69, 9.17) is 0 Å². The quantitative estimate of drug-likeness (QED) is 0.656. The molecule has 2 heterocycles. The van der Waals surface area contributed by atoms with E-state index < -0.39 is 11.6 Å². The zero-order valence-electron chi connectivity index (χ0n) is 18.8. The Morgan fingerprint density at radius 3 is 2.61 bits per heavy atom. The van der Waals surface area contributed by atoms with E-state index in [0.29, 0.717) is 10.8 Å². The molecule has 0 aromatic carbocycles. The molecule has 0 aliphatic heterocycles. The normalized spacial score (nSPS) is 16.1. The molecule has 1 aliphatic rings. The van der Waals surface area contributed by atoms with Crippen LogP contribution in [-0.2, 0) is 7.05 Å². The molecule has 2 aromatic heterocycles. The van der Waals surface area contributed by atoms with Gasteiger partial charge in [0.15, 0.2) is 0 Å². The van der Waals surface area contributed by atoms with Crippen LogP contribution in [0.25, 0.3) is 11.3 Å². The maximum Gasteiger partial charge on any atom is 0.407 e. The van der Waals surface area contributed by atoms with Crippen LogP contribution in [0.2, 0.25) is 0 Å². The minimum atomic E-state index is -0.961. The summed E-state index contributed by atoms with van der Waals surface area (Å²) in [5.74, 6) is 0.362. The number of carbonyl (C=O) groups excluding carboxylic acids is 1. The molecule has 31 heavy (non-hydrogen) atoms. The molecule has 1 fully saturated rings. The predicted molar refractivity (Wildman–Crippen MR) is 121 cm³/mol. The molecule has 9 heteroatoms. The van der Waals surface area contributed by atoms with E-state index in [1.807, 2.05) is 39.3 Å². The summed E-state index contributed by atoms with van der Waals surface area (Å²) < 4.78 is 1.67. The molecule has 0 bridgehead atoms. The first kappa shape index (κ1) is 23.2. The second-order valence-electron chi connectivity index (χ2n) is 9.42. The summed E-state index contributed by atoms with van der Waals surface area (Å²) in [7, 11) is 1.81. The number of carbonyl (C=O) groups is 2. The van der Waals surface area contributed by atoms with E-state index >= 15 is 0 Å². The second-order valence-corrected chi connectivity index (χ2v) is 10.3. The fourth-order valence-electron chi connectivity index (χ4n) is 4.26. The van der Waals surface area contributed by atoms with Gasteiger partial charge in [-0.05, 0) is 39.2 Å². The van der Waals surface area contributed by atoms with Crippen LogP contribution in [0.1, 0.15) is 69.0 Å². The van der Waals surface area contributed by atoms with E-state index in [1.54, 1.807) is 10.9 Å². The van der Waals surface area contributed by atoms with Crippen molar-refractivity contribution >= 4 is 23.3 Å². The van der Waals surface area contributed by atoms with Crippen molar-refractivity contribution in [2.45, 2.75) is 70.9 Å². The molecule has 8 nitrogen and oxygen atoms in total. The summed E-state index contributed by atoms with van der Waals surface area (Å²) in [4.78, 5) is 27.0. The van der Waals surface area contributed by atoms with Gasteiger partial charge >= 0.3 is 6.09 Å². The molecule has 1 saturated carbocycles. The van der Waals surface area contributed by atoms with Crippen molar-refractivity contribution in [2.75, 3.05) is 6.54 Å². The Morgan fingerprint density at radius 1 is 1.32 bits per heavy atom. The molecule has 1 atom stereocenters. The van der Waals surface area contributed by atoms with Crippen molar-refractivity contribution in [2.24, 2.45) is 13.0 Å². The van der Waals surface area contributed by atoms with E-state index in [0.717, 1.165) is 30.5 Å². The van der Waals surface area contributed by atoms with Crippen LogP contribution < -0.4 is 5.32 Å². The number of thiophene rings is 1. The molecule has 2 aromatic rings. The van der Waals surface area contributed by atoms with Crippen molar-refractivity contribution in [1.82, 2.24) is 25.2 Å². The van der Waals surface area contributed by atoms with E-state index in [1.165, 1.54) is 35.5 Å². The molecule has 3 rings (SSSR count). The molecule has 1 aliphatic carbocycles. The van der Waals surface area contributed by atoms with Gasteiger partial charge in [0, 0.05) is 36.1 Å².